The molecule has 1 atom stereocenters. The van der Waals surface area contributed by atoms with Crippen LogP contribution < -0.4 is 10.2 Å². The Kier molecular flexibility index (Phi) is 6.97. The topological polar surface area (TPSA) is 96.0 Å². The molecule has 1 saturated heterocycles. The Labute approximate surface area is 182 Å². The number of amides is 1. The highest BCUT2D eigenvalue weighted by Crippen LogP contribution is 2.22. The number of sulfonamides is 1. The molecule has 1 heterocycles. The first-order valence-corrected chi connectivity index (χ1v) is 11.5. The fourth-order valence-electron chi connectivity index (χ4n) is 3.23. The zero-order valence-electron chi connectivity index (χ0n) is 17.9. The van der Waals surface area contributed by atoms with E-state index in [1.165, 1.54) is 35.5 Å². The molecule has 1 N–H and O–H groups in total. The molecule has 0 aliphatic carbocycles. The van der Waals surface area contributed by atoms with E-state index in [4.69, 9.17) is 4.74 Å². The fraction of sp³-hybridized carbons (Fsp3) is 0.364. The molecule has 0 spiro atoms. The number of carbonyl (C=O) groups excluding carboxylic acids is 2. The van der Waals surface area contributed by atoms with Gasteiger partial charge >= 0.3 is 5.97 Å². The summed E-state index contributed by atoms with van der Waals surface area (Å²) in [5.41, 5.74) is 1.65. The lowest BCUT2D eigenvalue weighted by Gasteiger charge is -2.17. The number of nitrogens with one attached hydrogen (secondary N) is 1. The smallest absolute Gasteiger partial charge is 0.338 e. The minimum atomic E-state index is -3.65. The van der Waals surface area contributed by atoms with Crippen LogP contribution in [0.4, 0.5) is 11.4 Å². The zero-order valence-corrected chi connectivity index (χ0v) is 18.7. The van der Waals surface area contributed by atoms with Crippen LogP contribution in [0.25, 0.3) is 0 Å². The molecule has 1 aliphatic heterocycles. The van der Waals surface area contributed by atoms with Gasteiger partial charge in [0, 0.05) is 38.6 Å². The van der Waals surface area contributed by atoms with Crippen molar-refractivity contribution < 1.29 is 22.7 Å². The number of hydrogen-bond donors (Lipinski definition) is 1. The summed E-state index contributed by atoms with van der Waals surface area (Å²) < 4.78 is 32.1. The van der Waals surface area contributed by atoms with Gasteiger partial charge in [0.25, 0.3) is 5.91 Å². The molecule has 0 bridgehead atoms. The third-order valence-electron chi connectivity index (χ3n) is 5.08. The number of anilines is 2. The van der Waals surface area contributed by atoms with Crippen molar-refractivity contribution in [2.24, 2.45) is 0 Å². The molecule has 1 fully saturated rings. The van der Waals surface area contributed by atoms with Gasteiger partial charge in [-0.3, -0.25) is 4.79 Å². The number of carbonyl (C=O) groups is 2. The quantitative estimate of drug-likeness (QED) is 0.659. The Morgan fingerprint density at radius 2 is 1.71 bits per heavy atom. The van der Waals surface area contributed by atoms with Gasteiger partial charge in [-0.2, -0.15) is 4.31 Å². The summed E-state index contributed by atoms with van der Waals surface area (Å²) in [6, 6.07) is 12.9. The maximum Gasteiger partial charge on any atom is 0.338 e. The maximum atomic E-state index is 12.7. The first kappa shape index (κ1) is 22.8. The summed E-state index contributed by atoms with van der Waals surface area (Å²) in [4.78, 5) is 26.9. The molecule has 0 saturated carbocycles. The second-order valence-electron chi connectivity index (χ2n) is 7.62. The Balaban J connectivity index is 1.64. The van der Waals surface area contributed by atoms with E-state index in [9.17, 15) is 18.0 Å². The summed E-state index contributed by atoms with van der Waals surface area (Å²) in [6.45, 7) is 2.42. The predicted octanol–water partition coefficient (Wildman–Crippen LogP) is 2.72. The van der Waals surface area contributed by atoms with Gasteiger partial charge in [0.05, 0.1) is 10.5 Å². The van der Waals surface area contributed by atoms with Crippen LogP contribution in [0.3, 0.4) is 0 Å². The SMILES string of the molecule is C[C@@H](OC(=O)c1cccc(S(=O)(=O)N2CCCC2)c1)C(=O)Nc1ccc(N(C)C)cc1. The highest BCUT2D eigenvalue weighted by Gasteiger charge is 2.28. The number of nitrogens with zero attached hydrogens (tertiary/aromatic N) is 2. The number of benzene rings is 2. The Morgan fingerprint density at radius 3 is 2.32 bits per heavy atom. The first-order chi connectivity index (χ1) is 14.7. The van der Waals surface area contributed by atoms with Crippen molar-refractivity contribution in [2.75, 3.05) is 37.4 Å². The summed E-state index contributed by atoms with van der Waals surface area (Å²) >= 11 is 0. The predicted molar refractivity (Wildman–Crippen MR) is 119 cm³/mol. The average molecular weight is 446 g/mol. The van der Waals surface area contributed by atoms with Crippen molar-refractivity contribution in [1.29, 1.82) is 0 Å². The summed E-state index contributed by atoms with van der Waals surface area (Å²) in [5, 5.41) is 2.70. The van der Waals surface area contributed by atoms with E-state index in [-0.39, 0.29) is 10.5 Å². The lowest BCUT2D eigenvalue weighted by atomic mass is 10.2. The van der Waals surface area contributed by atoms with Gasteiger partial charge in [-0.25, -0.2) is 13.2 Å². The molecule has 31 heavy (non-hydrogen) atoms. The minimum absolute atomic E-state index is 0.0435. The van der Waals surface area contributed by atoms with Crippen molar-refractivity contribution in [3.8, 4) is 0 Å². The molecule has 2 aromatic rings. The number of esters is 1. The molecule has 2 aromatic carbocycles. The van der Waals surface area contributed by atoms with Crippen molar-refractivity contribution in [3.05, 3.63) is 54.1 Å². The summed E-state index contributed by atoms with van der Waals surface area (Å²) in [5.74, 6) is -1.24. The number of rotatable bonds is 7. The molecule has 8 nitrogen and oxygen atoms in total. The molecular formula is C22H27N3O5S. The Morgan fingerprint density at radius 1 is 1.06 bits per heavy atom. The maximum absolute atomic E-state index is 12.7. The second-order valence-corrected chi connectivity index (χ2v) is 9.56. The standard InChI is InChI=1S/C22H27N3O5S/c1-16(21(26)23-18-9-11-19(12-10-18)24(2)3)30-22(27)17-7-6-8-20(15-17)31(28,29)25-13-4-5-14-25/h6-12,15-16H,4-5,13-14H2,1-3H3,(H,23,26)/t16-/m1/s1. The highest BCUT2D eigenvalue weighted by molar-refractivity contribution is 7.89. The minimum Gasteiger partial charge on any atom is -0.449 e. The van der Waals surface area contributed by atoms with Crippen LogP contribution in [-0.4, -0.2) is 57.9 Å². The highest BCUT2D eigenvalue weighted by atomic mass is 32.2. The normalized spacial score (nSPS) is 15.3. The van der Waals surface area contributed by atoms with Crippen LogP contribution in [0.5, 0.6) is 0 Å². The monoisotopic (exact) mass is 445 g/mol. The van der Waals surface area contributed by atoms with E-state index in [2.05, 4.69) is 5.32 Å². The summed E-state index contributed by atoms with van der Waals surface area (Å²) in [7, 11) is 0.187. The molecular weight excluding hydrogens is 418 g/mol. The lowest BCUT2D eigenvalue weighted by Crippen LogP contribution is -2.30. The summed E-state index contributed by atoms with van der Waals surface area (Å²) in [6.07, 6.45) is 0.594. The van der Waals surface area contributed by atoms with Gasteiger partial charge in [0.1, 0.15) is 0 Å². The lowest BCUT2D eigenvalue weighted by molar-refractivity contribution is -0.123. The second kappa shape index (κ2) is 9.49. The third kappa shape index (κ3) is 5.42. The van der Waals surface area contributed by atoms with Gasteiger partial charge in [-0.15, -0.1) is 0 Å². The van der Waals surface area contributed by atoms with Crippen LogP contribution in [0.1, 0.15) is 30.1 Å². The third-order valence-corrected chi connectivity index (χ3v) is 6.97. The van der Waals surface area contributed by atoms with Crippen LogP contribution in [-0.2, 0) is 19.6 Å². The van der Waals surface area contributed by atoms with Crippen molar-refractivity contribution in [3.63, 3.8) is 0 Å². The Hall–Kier alpha value is -2.91. The largest absolute Gasteiger partial charge is 0.449 e. The Bertz CT molecular complexity index is 1050. The molecule has 0 unspecified atom stereocenters. The van der Waals surface area contributed by atoms with E-state index in [1.807, 2.05) is 31.1 Å². The van der Waals surface area contributed by atoms with E-state index in [0.29, 0.717) is 18.8 Å². The van der Waals surface area contributed by atoms with Crippen LogP contribution in [0.15, 0.2) is 53.4 Å². The van der Waals surface area contributed by atoms with Gasteiger partial charge in [0.2, 0.25) is 10.0 Å². The molecule has 1 aliphatic rings. The first-order valence-electron chi connectivity index (χ1n) is 10.1. The van der Waals surface area contributed by atoms with E-state index in [0.717, 1.165) is 18.5 Å². The fourth-order valence-corrected chi connectivity index (χ4v) is 4.79. The van der Waals surface area contributed by atoms with E-state index in [1.54, 1.807) is 12.1 Å². The van der Waals surface area contributed by atoms with Crippen LogP contribution in [0.2, 0.25) is 0 Å². The molecule has 9 heteroatoms. The van der Waals surface area contributed by atoms with Gasteiger partial charge in [-0.05, 0) is 62.2 Å². The zero-order chi connectivity index (χ0) is 22.6. The molecule has 0 aromatic heterocycles. The van der Waals surface area contributed by atoms with Gasteiger partial charge in [-0.1, -0.05) is 6.07 Å². The van der Waals surface area contributed by atoms with Gasteiger partial charge in [0.15, 0.2) is 6.10 Å². The van der Waals surface area contributed by atoms with Crippen molar-refractivity contribution in [1.82, 2.24) is 4.31 Å². The number of hydrogen-bond acceptors (Lipinski definition) is 6. The molecule has 166 valence electrons. The van der Waals surface area contributed by atoms with E-state index < -0.39 is 28.0 Å². The van der Waals surface area contributed by atoms with Crippen LogP contribution >= 0.6 is 0 Å². The van der Waals surface area contributed by atoms with Crippen molar-refractivity contribution in [2.45, 2.75) is 30.8 Å². The average Bonchev–Trinajstić information content (AvgIpc) is 3.30. The van der Waals surface area contributed by atoms with Gasteiger partial charge < -0.3 is 15.0 Å². The van der Waals surface area contributed by atoms with Crippen LogP contribution in [0, 0.1) is 0 Å². The number of ether oxygens (including phenoxy) is 1. The van der Waals surface area contributed by atoms with E-state index >= 15 is 0 Å². The van der Waals surface area contributed by atoms with Crippen molar-refractivity contribution >= 4 is 33.3 Å². The molecule has 0 radical (unpaired) electrons. The molecule has 1 amide bonds. The molecule has 3 rings (SSSR count).